The number of furan rings is 2. The minimum atomic E-state index is -0.184. The largest absolute Gasteiger partial charge is 0.456 e. The predicted octanol–water partition coefficient (Wildman–Crippen LogP) is 11.7. The van der Waals surface area contributed by atoms with Gasteiger partial charge >= 0.3 is 0 Å². The number of para-hydroxylation sites is 3. The Balaban J connectivity index is 1.03. The molecule has 0 bridgehead atoms. The highest BCUT2D eigenvalue weighted by Crippen LogP contribution is 2.44. The maximum Gasteiger partial charge on any atom is 0.143 e. The summed E-state index contributed by atoms with van der Waals surface area (Å²) in [6.45, 7) is 0. The van der Waals surface area contributed by atoms with Crippen molar-refractivity contribution < 1.29 is 8.83 Å². The van der Waals surface area contributed by atoms with E-state index < -0.39 is 0 Å². The summed E-state index contributed by atoms with van der Waals surface area (Å²) in [4.78, 5) is 0. The van der Waals surface area contributed by atoms with Gasteiger partial charge in [-0.05, 0) is 35.4 Å². The lowest BCUT2D eigenvalue weighted by molar-refractivity contribution is 0.203. The van der Waals surface area contributed by atoms with E-state index in [0.29, 0.717) is 0 Å². The summed E-state index contributed by atoms with van der Waals surface area (Å²) in [6, 6.07) is 53.6. The van der Waals surface area contributed by atoms with E-state index >= 15 is 0 Å². The van der Waals surface area contributed by atoms with Crippen molar-refractivity contribution in [2.75, 3.05) is 0 Å². The molecule has 11 rings (SSSR count). The van der Waals surface area contributed by atoms with Gasteiger partial charge in [0, 0.05) is 58.4 Å². The molecule has 5 nitrogen and oxygen atoms in total. The van der Waals surface area contributed by atoms with Crippen LogP contribution in [-0.4, -0.2) is 0 Å². The van der Waals surface area contributed by atoms with Crippen molar-refractivity contribution in [1.82, 2.24) is 16.0 Å². The molecule has 4 heterocycles. The minimum absolute atomic E-state index is 0.104. The monoisotopic (exact) mass is 677 g/mol. The van der Waals surface area contributed by atoms with Crippen LogP contribution in [0.15, 0.2) is 160 Å². The fraction of sp³-hybridized carbons (Fsp3) is 0.0667. The zero-order valence-corrected chi connectivity index (χ0v) is 28.2. The molecule has 3 aromatic heterocycles. The minimum Gasteiger partial charge on any atom is -0.456 e. The van der Waals surface area contributed by atoms with E-state index in [2.05, 4.69) is 155 Å². The molecule has 3 N–H and O–H groups in total. The normalized spacial score (nSPS) is 18.2. The van der Waals surface area contributed by atoms with Gasteiger partial charge in [0.25, 0.3) is 0 Å². The zero-order chi connectivity index (χ0) is 33.5. The average molecular weight is 678 g/mol. The number of rotatable bonds is 4. The van der Waals surface area contributed by atoms with E-state index in [-0.39, 0.29) is 18.5 Å². The Morgan fingerprint density at radius 2 is 1.04 bits per heavy atom. The van der Waals surface area contributed by atoms with Gasteiger partial charge in [-0.25, -0.2) is 0 Å². The molecule has 1 aliphatic heterocycles. The van der Waals surface area contributed by atoms with E-state index in [4.69, 9.17) is 8.83 Å². The Bertz CT molecular complexity index is 2940. The van der Waals surface area contributed by atoms with Gasteiger partial charge in [0.1, 0.15) is 22.3 Å². The third-order valence-electron chi connectivity index (χ3n) is 10.4. The van der Waals surface area contributed by atoms with Crippen LogP contribution in [0, 0.1) is 0 Å². The fourth-order valence-electron chi connectivity index (χ4n) is 8.02. The third kappa shape index (κ3) is 4.58. The Morgan fingerprint density at radius 3 is 1.92 bits per heavy atom. The van der Waals surface area contributed by atoms with Crippen LogP contribution in [-0.2, 0) is 0 Å². The lowest BCUT2D eigenvalue weighted by atomic mass is 9.99. The standard InChI is InChI=1S/C45H31N3O2S/c1-2-11-26(12-3-1)43-46-44(48-45(47-43)35-20-9-15-30-28-13-4-6-21-37(28)49-41(30)35)27-23-24-38-36(25-27)32-17-8-16-31(40(32)50-38)34-19-10-18-33-29-14-5-7-22-39(29)51-42(33)34/h1-25,43-48H. The Kier molecular flexibility index (Phi) is 6.48. The van der Waals surface area contributed by atoms with Gasteiger partial charge in [-0.1, -0.05) is 127 Å². The molecule has 7 aromatic carbocycles. The van der Waals surface area contributed by atoms with E-state index in [1.807, 2.05) is 23.5 Å². The van der Waals surface area contributed by atoms with Gasteiger partial charge in [-0.2, -0.15) is 0 Å². The quantitative estimate of drug-likeness (QED) is 0.173. The maximum atomic E-state index is 6.70. The van der Waals surface area contributed by atoms with E-state index in [9.17, 15) is 0 Å². The van der Waals surface area contributed by atoms with Crippen LogP contribution in [0.25, 0.3) is 75.2 Å². The van der Waals surface area contributed by atoms with Crippen molar-refractivity contribution in [2.45, 2.75) is 18.5 Å². The first-order valence-electron chi connectivity index (χ1n) is 17.4. The molecule has 0 amide bonds. The third-order valence-corrected chi connectivity index (χ3v) is 11.6. The first-order valence-corrected chi connectivity index (χ1v) is 18.2. The molecule has 6 heteroatoms. The van der Waals surface area contributed by atoms with Gasteiger partial charge in [-0.15, -0.1) is 11.3 Å². The maximum absolute atomic E-state index is 6.70. The fourth-order valence-corrected chi connectivity index (χ4v) is 9.25. The smallest absolute Gasteiger partial charge is 0.143 e. The molecule has 0 saturated carbocycles. The SMILES string of the molecule is c1ccc(C2NC(c3ccc4oc5c(-c6cccc7c6sc6ccccc67)cccc5c4c3)NC(c3cccc4c3oc3ccccc34)N2)cc1. The number of nitrogens with one attached hydrogen (secondary N) is 3. The van der Waals surface area contributed by atoms with Crippen LogP contribution >= 0.6 is 11.3 Å². The van der Waals surface area contributed by atoms with Gasteiger partial charge in [-0.3, -0.25) is 16.0 Å². The van der Waals surface area contributed by atoms with Crippen molar-refractivity contribution in [3.8, 4) is 11.1 Å². The van der Waals surface area contributed by atoms with Gasteiger partial charge in [0.15, 0.2) is 0 Å². The summed E-state index contributed by atoms with van der Waals surface area (Å²) >= 11 is 1.85. The lowest BCUT2D eigenvalue weighted by Gasteiger charge is -2.39. The molecule has 1 fully saturated rings. The lowest BCUT2D eigenvalue weighted by Crippen LogP contribution is -2.54. The van der Waals surface area contributed by atoms with Gasteiger partial charge in [0.05, 0.1) is 18.5 Å². The van der Waals surface area contributed by atoms with Crippen molar-refractivity contribution >= 4 is 75.4 Å². The van der Waals surface area contributed by atoms with Crippen LogP contribution in [0.4, 0.5) is 0 Å². The van der Waals surface area contributed by atoms with Crippen molar-refractivity contribution in [3.05, 3.63) is 168 Å². The second kappa shape index (κ2) is 11.4. The molecular formula is C45H31N3O2S. The first-order chi connectivity index (χ1) is 25.3. The molecule has 0 aliphatic carbocycles. The number of hydrogen-bond donors (Lipinski definition) is 3. The number of benzene rings is 7. The number of thiophene rings is 1. The predicted molar refractivity (Wildman–Crippen MR) is 210 cm³/mol. The van der Waals surface area contributed by atoms with Crippen LogP contribution in [0.5, 0.6) is 0 Å². The molecular weight excluding hydrogens is 647 g/mol. The van der Waals surface area contributed by atoms with Gasteiger partial charge < -0.3 is 8.83 Å². The second-order valence-electron chi connectivity index (χ2n) is 13.4. The van der Waals surface area contributed by atoms with Crippen LogP contribution in [0.3, 0.4) is 0 Å². The van der Waals surface area contributed by atoms with Gasteiger partial charge in [0.2, 0.25) is 0 Å². The van der Waals surface area contributed by atoms with Crippen LogP contribution in [0.1, 0.15) is 35.2 Å². The van der Waals surface area contributed by atoms with Crippen molar-refractivity contribution in [2.24, 2.45) is 0 Å². The van der Waals surface area contributed by atoms with E-state index in [1.165, 1.54) is 31.3 Å². The molecule has 3 unspecified atom stereocenters. The van der Waals surface area contributed by atoms with Crippen molar-refractivity contribution in [1.29, 1.82) is 0 Å². The first kappa shape index (κ1) is 29.0. The molecule has 1 saturated heterocycles. The van der Waals surface area contributed by atoms with Crippen LogP contribution in [0.2, 0.25) is 0 Å². The Morgan fingerprint density at radius 1 is 0.412 bits per heavy atom. The number of fused-ring (bicyclic) bond motifs is 9. The van der Waals surface area contributed by atoms with E-state index in [0.717, 1.165) is 60.6 Å². The summed E-state index contributed by atoms with van der Waals surface area (Å²) in [5.41, 5.74) is 9.27. The summed E-state index contributed by atoms with van der Waals surface area (Å²) in [5, 5.41) is 18.6. The molecule has 0 spiro atoms. The molecule has 3 atom stereocenters. The Labute approximate surface area is 297 Å². The molecule has 51 heavy (non-hydrogen) atoms. The van der Waals surface area contributed by atoms with E-state index in [1.54, 1.807) is 0 Å². The summed E-state index contributed by atoms with van der Waals surface area (Å²) in [6.07, 6.45) is -0.450. The summed E-state index contributed by atoms with van der Waals surface area (Å²) in [5.74, 6) is 0. The molecule has 0 radical (unpaired) electrons. The number of hydrogen-bond acceptors (Lipinski definition) is 6. The second-order valence-corrected chi connectivity index (χ2v) is 14.4. The zero-order valence-electron chi connectivity index (χ0n) is 27.4. The van der Waals surface area contributed by atoms with Crippen molar-refractivity contribution in [3.63, 3.8) is 0 Å². The molecule has 1 aliphatic rings. The highest BCUT2D eigenvalue weighted by Gasteiger charge is 2.32. The average Bonchev–Trinajstić information content (AvgIpc) is 3.89. The highest BCUT2D eigenvalue weighted by molar-refractivity contribution is 7.26. The van der Waals surface area contributed by atoms with Crippen LogP contribution < -0.4 is 16.0 Å². The topological polar surface area (TPSA) is 62.4 Å². The Hall–Kier alpha value is -5.76. The summed E-state index contributed by atoms with van der Waals surface area (Å²) < 4.78 is 15.8. The highest BCUT2D eigenvalue weighted by atomic mass is 32.1. The molecule has 244 valence electrons. The summed E-state index contributed by atoms with van der Waals surface area (Å²) in [7, 11) is 0. The molecule has 10 aromatic rings.